The topological polar surface area (TPSA) is 52.7 Å². The molecule has 0 aliphatic heterocycles. The Morgan fingerprint density at radius 2 is 1.76 bits per heavy atom. The van der Waals surface area contributed by atoms with Gasteiger partial charge in [0, 0.05) is 30.0 Å². The molecule has 0 aromatic heterocycles. The largest absolute Gasteiger partial charge is 0.362 e. The monoisotopic (exact) mass is 359 g/mol. The summed E-state index contributed by atoms with van der Waals surface area (Å²) in [5, 5.41) is 3.28. The average molecular weight is 360 g/mol. The first-order valence-electron chi connectivity index (χ1n) is 8.09. The highest BCUT2D eigenvalue weighted by Gasteiger charge is 2.16. The summed E-state index contributed by atoms with van der Waals surface area (Å²) in [6.45, 7) is 2.91. The van der Waals surface area contributed by atoms with E-state index in [1.54, 1.807) is 31.3 Å². The van der Waals surface area contributed by atoms with Crippen LogP contribution >= 0.6 is 11.6 Å². The van der Waals surface area contributed by atoms with Crippen molar-refractivity contribution in [3.8, 4) is 0 Å². The molecule has 0 fully saturated rings. The number of halogens is 1. The van der Waals surface area contributed by atoms with Crippen LogP contribution in [0.3, 0.4) is 0 Å². The normalized spacial score (nSPS) is 10.2. The Morgan fingerprint density at radius 3 is 2.40 bits per heavy atom. The number of anilines is 2. The minimum absolute atomic E-state index is 0.0162. The van der Waals surface area contributed by atoms with Crippen LogP contribution in [0, 0.1) is 0 Å². The molecule has 2 amide bonds. The fraction of sp³-hybridized carbons (Fsp3) is 0.263. The molecular weight excluding hydrogens is 338 g/mol. The number of para-hydroxylation sites is 1. The van der Waals surface area contributed by atoms with Crippen molar-refractivity contribution >= 4 is 34.8 Å². The fourth-order valence-electron chi connectivity index (χ4n) is 2.38. The van der Waals surface area contributed by atoms with Crippen LogP contribution < -0.4 is 10.2 Å². The molecule has 132 valence electrons. The molecule has 0 saturated heterocycles. The van der Waals surface area contributed by atoms with Gasteiger partial charge >= 0.3 is 0 Å². The second-order valence-electron chi connectivity index (χ2n) is 5.66. The van der Waals surface area contributed by atoms with Crippen LogP contribution in [-0.2, 0) is 9.59 Å². The molecule has 0 aliphatic rings. The van der Waals surface area contributed by atoms with Gasteiger partial charge in [-0.05, 0) is 37.3 Å². The van der Waals surface area contributed by atoms with Gasteiger partial charge in [-0.25, -0.2) is 0 Å². The number of amides is 2. The van der Waals surface area contributed by atoms with Crippen LogP contribution in [0.25, 0.3) is 0 Å². The Labute approximate surface area is 153 Å². The lowest BCUT2D eigenvalue weighted by Gasteiger charge is -2.25. The third-order valence-corrected chi connectivity index (χ3v) is 3.98. The minimum Gasteiger partial charge on any atom is -0.362 e. The van der Waals surface area contributed by atoms with Gasteiger partial charge in [0.2, 0.25) is 11.8 Å². The highest BCUT2D eigenvalue weighted by Crippen LogP contribution is 2.15. The summed E-state index contributed by atoms with van der Waals surface area (Å²) < 4.78 is 0. The number of likely N-dealkylation sites (N-methyl/N-ethyl adjacent to an activating group) is 2. The van der Waals surface area contributed by atoms with Gasteiger partial charge in [-0.1, -0.05) is 35.9 Å². The summed E-state index contributed by atoms with van der Waals surface area (Å²) in [4.78, 5) is 27.9. The van der Waals surface area contributed by atoms with Crippen LogP contribution in [0.15, 0.2) is 54.6 Å². The van der Waals surface area contributed by atoms with Gasteiger partial charge in [0.1, 0.15) is 0 Å². The number of rotatable bonds is 7. The molecule has 6 heteroatoms. The van der Waals surface area contributed by atoms with E-state index in [2.05, 4.69) is 5.32 Å². The summed E-state index contributed by atoms with van der Waals surface area (Å²) in [6, 6.07) is 16.6. The standard InChI is InChI=1S/C19H22ClN3O2/c1-3-23(17-10-5-4-6-11-17)14-19(25)22(2)13-18(24)21-16-9-7-8-15(20)12-16/h4-12H,3,13-14H2,1-2H3,(H,21,24). The van der Waals surface area contributed by atoms with Crippen molar-refractivity contribution in [1.29, 1.82) is 0 Å². The van der Waals surface area contributed by atoms with E-state index in [0.717, 1.165) is 5.69 Å². The molecule has 1 N–H and O–H groups in total. The van der Waals surface area contributed by atoms with Gasteiger partial charge in [0.15, 0.2) is 0 Å². The van der Waals surface area contributed by atoms with E-state index in [1.807, 2.05) is 42.2 Å². The van der Waals surface area contributed by atoms with E-state index in [9.17, 15) is 9.59 Å². The Bertz CT molecular complexity index is 722. The number of hydrogen-bond acceptors (Lipinski definition) is 3. The molecular formula is C19H22ClN3O2. The molecule has 5 nitrogen and oxygen atoms in total. The first-order chi connectivity index (χ1) is 12.0. The van der Waals surface area contributed by atoms with Crippen molar-refractivity contribution in [2.45, 2.75) is 6.92 Å². The zero-order valence-electron chi connectivity index (χ0n) is 14.4. The number of benzene rings is 2. The summed E-state index contributed by atoms with van der Waals surface area (Å²) in [5.41, 5.74) is 1.59. The summed E-state index contributed by atoms with van der Waals surface area (Å²) in [5.74, 6) is -0.382. The Morgan fingerprint density at radius 1 is 1.04 bits per heavy atom. The van der Waals surface area contributed by atoms with Crippen molar-refractivity contribution in [3.05, 3.63) is 59.6 Å². The lowest BCUT2D eigenvalue weighted by molar-refractivity contribution is -0.132. The van der Waals surface area contributed by atoms with Gasteiger partial charge in [-0.15, -0.1) is 0 Å². The van der Waals surface area contributed by atoms with Crippen molar-refractivity contribution in [1.82, 2.24) is 4.90 Å². The molecule has 0 unspecified atom stereocenters. The molecule has 2 aromatic rings. The fourth-order valence-corrected chi connectivity index (χ4v) is 2.57. The average Bonchev–Trinajstić information content (AvgIpc) is 2.60. The van der Waals surface area contributed by atoms with Gasteiger partial charge in [-0.3, -0.25) is 9.59 Å². The SMILES string of the molecule is CCN(CC(=O)N(C)CC(=O)Nc1cccc(Cl)c1)c1ccccc1. The quantitative estimate of drug-likeness (QED) is 0.825. The van der Waals surface area contributed by atoms with Crippen LogP contribution in [0.1, 0.15) is 6.92 Å². The lowest BCUT2D eigenvalue weighted by Crippen LogP contribution is -2.41. The van der Waals surface area contributed by atoms with E-state index in [-0.39, 0.29) is 24.9 Å². The Kier molecular flexibility index (Phi) is 6.83. The van der Waals surface area contributed by atoms with Crippen LogP contribution in [0.4, 0.5) is 11.4 Å². The maximum absolute atomic E-state index is 12.4. The molecule has 0 radical (unpaired) electrons. The first kappa shape index (κ1) is 18.8. The van der Waals surface area contributed by atoms with Crippen LogP contribution in [-0.4, -0.2) is 43.4 Å². The molecule has 2 rings (SSSR count). The molecule has 0 heterocycles. The zero-order valence-corrected chi connectivity index (χ0v) is 15.2. The second-order valence-corrected chi connectivity index (χ2v) is 6.09. The summed E-state index contributed by atoms with van der Waals surface area (Å²) in [6.07, 6.45) is 0. The molecule has 0 spiro atoms. The van der Waals surface area contributed by atoms with Crippen LogP contribution in [0.5, 0.6) is 0 Å². The molecule has 0 atom stereocenters. The van der Waals surface area contributed by atoms with Gasteiger partial charge < -0.3 is 15.1 Å². The predicted molar refractivity (Wildman–Crippen MR) is 102 cm³/mol. The maximum Gasteiger partial charge on any atom is 0.243 e. The predicted octanol–water partition coefficient (Wildman–Crippen LogP) is 3.26. The van der Waals surface area contributed by atoms with Crippen molar-refractivity contribution < 1.29 is 9.59 Å². The number of nitrogens with one attached hydrogen (secondary N) is 1. The van der Waals surface area contributed by atoms with Crippen LogP contribution in [0.2, 0.25) is 5.02 Å². The van der Waals surface area contributed by atoms with E-state index >= 15 is 0 Å². The highest BCUT2D eigenvalue weighted by atomic mass is 35.5. The number of nitrogens with zero attached hydrogens (tertiary/aromatic N) is 2. The summed E-state index contributed by atoms with van der Waals surface area (Å²) in [7, 11) is 1.62. The molecule has 2 aromatic carbocycles. The third-order valence-electron chi connectivity index (χ3n) is 3.74. The van der Waals surface area contributed by atoms with Crippen molar-refractivity contribution in [2.24, 2.45) is 0 Å². The maximum atomic E-state index is 12.4. The Balaban J connectivity index is 1.89. The number of hydrogen-bond donors (Lipinski definition) is 1. The molecule has 0 bridgehead atoms. The van der Waals surface area contributed by atoms with Gasteiger partial charge in [0.05, 0.1) is 13.1 Å². The van der Waals surface area contributed by atoms with E-state index in [4.69, 9.17) is 11.6 Å². The van der Waals surface area contributed by atoms with E-state index in [1.165, 1.54) is 4.90 Å². The first-order valence-corrected chi connectivity index (χ1v) is 8.46. The Hall–Kier alpha value is -2.53. The highest BCUT2D eigenvalue weighted by molar-refractivity contribution is 6.30. The van der Waals surface area contributed by atoms with E-state index in [0.29, 0.717) is 17.3 Å². The molecule has 0 aliphatic carbocycles. The smallest absolute Gasteiger partial charge is 0.243 e. The third kappa shape index (κ3) is 5.80. The minimum atomic E-state index is -0.263. The van der Waals surface area contributed by atoms with E-state index < -0.39 is 0 Å². The zero-order chi connectivity index (χ0) is 18.2. The van der Waals surface area contributed by atoms with Gasteiger partial charge in [0.25, 0.3) is 0 Å². The lowest BCUT2D eigenvalue weighted by atomic mass is 10.3. The number of carbonyl (C=O) groups excluding carboxylic acids is 2. The van der Waals surface area contributed by atoms with Crippen molar-refractivity contribution in [3.63, 3.8) is 0 Å². The second kappa shape index (κ2) is 9.08. The van der Waals surface area contributed by atoms with Crippen molar-refractivity contribution in [2.75, 3.05) is 36.9 Å². The van der Waals surface area contributed by atoms with Gasteiger partial charge in [-0.2, -0.15) is 0 Å². The molecule has 25 heavy (non-hydrogen) atoms. The molecule has 0 saturated carbocycles. The number of carbonyl (C=O) groups is 2. The summed E-state index contributed by atoms with van der Waals surface area (Å²) >= 11 is 5.89.